The Morgan fingerprint density at radius 3 is 2.24 bits per heavy atom. The summed E-state index contributed by atoms with van der Waals surface area (Å²) in [4.78, 5) is 28.5. The molecular formula is C21H26ClN5O2. The molecule has 0 aromatic heterocycles. The Bertz CT molecular complexity index is 810. The van der Waals surface area contributed by atoms with Crippen LogP contribution in [0.1, 0.15) is 12.0 Å². The van der Waals surface area contributed by atoms with Crippen LogP contribution in [0, 0.1) is 0 Å². The molecule has 1 saturated heterocycles. The molecule has 7 nitrogen and oxygen atoms in total. The van der Waals surface area contributed by atoms with Gasteiger partial charge < -0.3 is 10.2 Å². The summed E-state index contributed by atoms with van der Waals surface area (Å²) in [6.07, 6.45) is 0.324. The molecule has 1 aliphatic heterocycles. The van der Waals surface area contributed by atoms with E-state index < -0.39 is 6.03 Å². The van der Waals surface area contributed by atoms with E-state index in [-0.39, 0.29) is 5.91 Å². The molecule has 0 bridgehead atoms. The lowest BCUT2D eigenvalue weighted by Crippen LogP contribution is -2.48. The van der Waals surface area contributed by atoms with E-state index >= 15 is 0 Å². The number of amides is 3. The molecule has 0 unspecified atom stereocenters. The molecule has 3 N–H and O–H groups in total. The van der Waals surface area contributed by atoms with Gasteiger partial charge in [0, 0.05) is 45.7 Å². The molecule has 1 fully saturated rings. The van der Waals surface area contributed by atoms with E-state index in [0.29, 0.717) is 23.7 Å². The van der Waals surface area contributed by atoms with Crippen molar-refractivity contribution in [3.63, 3.8) is 0 Å². The van der Waals surface area contributed by atoms with E-state index in [1.165, 1.54) is 5.56 Å². The van der Waals surface area contributed by atoms with Crippen LogP contribution in [-0.4, -0.2) is 54.5 Å². The van der Waals surface area contributed by atoms with Gasteiger partial charge >= 0.3 is 6.03 Å². The minimum absolute atomic E-state index is 0.231. The molecule has 29 heavy (non-hydrogen) atoms. The van der Waals surface area contributed by atoms with Gasteiger partial charge in [-0.1, -0.05) is 54.1 Å². The van der Waals surface area contributed by atoms with Crippen molar-refractivity contribution in [2.45, 2.75) is 13.0 Å². The first-order valence-corrected chi connectivity index (χ1v) is 10.1. The van der Waals surface area contributed by atoms with Crippen molar-refractivity contribution >= 4 is 29.2 Å². The lowest BCUT2D eigenvalue weighted by Gasteiger charge is -2.34. The predicted octanol–water partition coefficient (Wildman–Crippen LogP) is 2.70. The van der Waals surface area contributed by atoms with E-state index in [0.717, 1.165) is 32.7 Å². The van der Waals surface area contributed by atoms with Crippen molar-refractivity contribution in [2.75, 3.05) is 38.0 Å². The maximum Gasteiger partial charge on any atom is 0.337 e. The third kappa shape index (κ3) is 7.05. The van der Waals surface area contributed by atoms with Gasteiger partial charge in [0.2, 0.25) is 5.91 Å². The fraction of sp³-hybridized carbons (Fsp3) is 0.333. The zero-order valence-corrected chi connectivity index (χ0v) is 17.0. The average molecular weight is 416 g/mol. The van der Waals surface area contributed by atoms with Crippen LogP contribution in [0.3, 0.4) is 0 Å². The summed E-state index contributed by atoms with van der Waals surface area (Å²) in [6, 6.07) is 16.8. The topological polar surface area (TPSA) is 76.7 Å². The van der Waals surface area contributed by atoms with Crippen LogP contribution < -0.4 is 16.2 Å². The second kappa shape index (κ2) is 10.8. The van der Waals surface area contributed by atoms with Gasteiger partial charge in [0.25, 0.3) is 0 Å². The summed E-state index contributed by atoms with van der Waals surface area (Å²) in [7, 11) is 0. The minimum atomic E-state index is -0.541. The molecular weight excluding hydrogens is 390 g/mol. The van der Waals surface area contributed by atoms with Gasteiger partial charge in [0.05, 0.1) is 10.7 Å². The third-order valence-corrected chi connectivity index (χ3v) is 5.14. The highest BCUT2D eigenvalue weighted by Crippen LogP contribution is 2.19. The van der Waals surface area contributed by atoms with Crippen molar-refractivity contribution in [3.8, 4) is 0 Å². The minimum Gasteiger partial charge on any atom is -0.305 e. The van der Waals surface area contributed by atoms with Crippen LogP contribution in [0.4, 0.5) is 10.5 Å². The number of halogens is 1. The summed E-state index contributed by atoms with van der Waals surface area (Å²) < 4.78 is 0. The Balaban J connectivity index is 1.30. The van der Waals surface area contributed by atoms with Crippen LogP contribution >= 0.6 is 11.6 Å². The molecule has 0 atom stereocenters. The Kier molecular flexibility index (Phi) is 7.86. The number of carbonyl (C=O) groups is 2. The number of piperazine rings is 1. The summed E-state index contributed by atoms with van der Waals surface area (Å²) in [6.45, 7) is 5.45. The monoisotopic (exact) mass is 415 g/mol. The van der Waals surface area contributed by atoms with Crippen molar-refractivity contribution < 1.29 is 9.59 Å². The van der Waals surface area contributed by atoms with E-state index in [9.17, 15) is 9.59 Å². The molecule has 0 spiro atoms. The highest BCUT2D eigenvalue weighted by molar-refractivity contribution is 6.33. The highest BCUT2D eigenvalue weighted by Gasteiger charge is 2.17. The van der Waals surface area contributed by atoms with Crippen LogP contribution in [0.15, 0.2) is 54.6 Å². The van der Waals surface area contributed by atoms with Gasteiger partial charge in [0.15, 0.2) is 0 Å². The lowest BCUT2D eigenvalue weighted by molar-refractivity contribution is -0.122. The Hall–Kier alpha value is -2.61. The highest BCUT2D eigenvalue weighted by atomic mass is 35.5. The van der Waals surface area contributed by atoms with Crippen molar-refractivity contribution in [1.29, 1.82) is 0 Å². The second-order valence-corrected chi connectivity index (χ2v) is 7.37. The van der Waals surface area contributed by atoms with Gasteiger partial charge in [-0.2, -0.15) is 0 Å². The van der Waals surface area contributed by atoms with Crippen molar-refractivity contribution in [3.05, 3.63) is 65.2 Å². The molecule has 0 radical (unpaired) electrons. The zero-order chi connectivity index (χ0) is 20.5. The van der Waals surface area contributed by atoms with E-state index in [4.69, 9.17) is 11.6 Å². The molecule has 154 valence electrons. The average Bonchev–Trinajstić information content (AvgIpc) is 2.74. The summed E-state index contributed by atoms with van der Waals surface area (Å²) in [5.74, 6) is -0.231. The smallest absolute Gasteiger partial charge is 0.305 e. The number of hydrogen-bond acceptors (Lipinski definition) is 4. The van der Waals surface area contributed by atoms with E-state index in [1.54, 1.807) is 24.3 Å². The third-order valence-electron chi connectivity index (χ3n) is 4.81. The summed E-state index contributed by atoms with van der Waals surface area (Å²) in [5, 5.41) is 3.01. The Morgan fingerprint density at radius 1 is 0.862 bits per heavy atom. The number of nitrogens with zero attached hydrogens (tertiary/aromatic N) is 2. The molecule has 2 aromatic rings. The van der Waals surface area contributed by atoms with Crippen LogP contribution in [0.5, 0.6) is 0 Å². The fourth-order valence-corrected chi connectivity index (χ4v) is 3.36. The first kappa shape index (κ1) is 21.1. The van der Waals surface area contributed by atoms with Gasteiger partial charge in [-0.05, 0) is 17.7 Å². The lowest BCUT2D eigenvalue weighted by atomic mass is 10.2. The van der Waals surface area contributed by atoms with Gasteiger partial charge in [-0.25, -0.2) is 10.2 Å². The van der Waals surface area contributed by atoms with Gasteiger partial charge in [-0.3, -0.25) is 15.1 Å². The maximum atomic E-state index is 12.0. The molecule has 2 aromatic carbocycles. The number of benzene rings is 2. The molecule has 8 heteroatoms. The fourth-order valence-electron chi connectivity index (χ4n) is 3.18. The standard InChI is InChI=1S/C21H26ClN5O2/c22-18-8-4-5-9-19(18)23-21(29)25-24-20(28)10-11-26-12-14-27(15-13-26)16-17-6-2-1-3-7-17/h1-9H,10-16H2,(H,24,28)(H2,23,25,29). The molecule has 1 aliphatic rings. The number of anilines is 1. The van der Waals surface area contributed by atoms with Gasteiger partial charge in [0.1, 0.15) is 0 Å². The normalized spacial score (nSPS) is 14.9. The van der Waals surface area contributed by atoms with Crippen LogP contribution in [-0.2, 0) is 11.3 Å². The number of rotatable bonds is 6. The van der Waals surface area contributed by atoms with Crippen LogP contribution in [0.2, 0.25) is 5.02 Å². The summed E-state index contributed by atoms with van der Waals surface area (Å²) >= 11 is 5.98. The predicted molar refractivity (Wildman–Crippen MR) is 115 cm³/mol. The number of nitrogens with one attached hydrogen (secondary N) is 3. The molecule has 0 saturated carbocycles. The van der Waals surface area contributed by atoms with Crippen molar-refractivity contribution in [2.24, 2.45) is 0 Å². The Morgan fingerprint density at radius 2 is 1.52 bits per heavy atom. The molecule has 3 amide bonds. The number of hydrogen-bond donors (Lipinski definition) is 3. The number of para-hydroxylation sites is 1. The molecule has 0 aliphatic carbocycles. The zero-order valence-electron chi connectivity index (χ0n) is 16.2. The quantitative estimate of drug-likeness (QED) is 0.634. The molecule has 3 rings (SSSR count). The SMILES string of the molecule is O=C(CCN1CCN(Cc2ccccc2)CC1)NNC(=O)Nc1ccccc1Cl. The van der Waals surface area contributed by atoms with Crippen molar-refractivity contribution in [1.82, 2.24) is 20.7 Å². The number of hydrazine groups is 1. The maximum absolute atomic E-state index is 12.0. The largest absolute Gasteiger partial charge is 0.337 e. The van der Waals surface area contributed by atoms with Gasteiger partial charge in [-0.15, -0.1) is 0 Å². The first-order chi connectivity index (χ1) is 14.1. The summed E-state index contributed by atoms with van der Waals surface area (Å²) in [5.41, 5.74) is 6.57. The first-order valence-electron chi connectivity index (χ1n) is 9.69. The number of urea groups is 1. The van der Waals surface area contributed by atoms with E-state index in [2.05, 4.69) is 50.2 Å². The Labute approximate surface area is 176 Å². The number of carbonyl (C=O) groups excluding carboxylic acids is 2. The second-order valence-electron chi connectivity index (χ2n) is 6.96. The van der Waals surface area contributed by atoms with E-state index in [1.807, 2.05) is 6.07 Å². The molecule has 1 heterocycles. The van der Waals surface area contributed by atoms with Crippen LogP contribution in [0.25, 0.3) is 0 Å².